The first kappa shape index (κ1) is 18.1. The predicted octanol–water partition coefficient (Wildman–Crippen LogP) is -2.99. The van der Waals surface area contributed by atoms with E-state index in [-0.39, 0.29) is 0 Å². The number of phosphoric acid groups is 2. The third kappa shape index (κ3) is 5.45. The third-order valence-electron chi connectivity index (χ3n) is 2.32. The van der Waals surface area contributed by atoms with Gasteiger partial charge in [0.15, 0.2) is 6.29 Å². The fourth-order valence-corrected chi connectivity index (χ4v) is 2.23. The minimum atomic E-state index is -5.07. The molecule has 0 bridgehead atoms. The van der Waals surface area contributed by atoms with Crippen molar-refractivity contribution in [1.82, 2.24) is 0 Å². The first-order valence-electron chi connectivity index (χ1n) is 5.04. The van der Waals surface area contributed by atoms with E-state index in [0.717, 1.165) is 0 Å². The van der Waals surface area contributed by atoms with Crippen LogP contribution in [0.3, 0.4) is 0 Å². The maximum absolute atomic E-state index is 10.6. The van der Waals surface area contributed by atoms with Crippen molar-refractivity contribution in [3.63, 3.8) is 0 Å². The average Bonchev–Trinajstić information content (AvgIpc) is 2.25. The third-order valence-corrected chi connectivity index (χ3v) is 3.28. The molecule has 0 aliphatic carbocycles. The zero-order valence-electron chi connectivity index (χ0n) is 9.66. The lowest BCUT2D eigenvalue weighted by Crippen LogP contribution is -2.59. The lowest BCUT2D eigenvalue weighted by molar-refractivity contribution is -0.279. The second kappa shape index (κ2) is 6.44. The van der Waals surface area contributed by atoms with Gasteiger partial charge in [0.1, 0.15) is 24.4 Å². The predicted molar refractivity (Wildman–Crippen MR) is 57.8 cm³/mol. The van der Waals surface area contributed by atoms with E-state index in [1.165, 1.54) is 0 Å². The van der Waals surface area contributed by atoms with E-state index in [4.69, 9.17) is 24.3 Å². The second-order valence-electron chi connectivity index (χ2n) is 3.90. The maximum Gasteiger partial charge on any atom is 0.472 e. The number of aliphatic hydroxyl groups is 3. The van der Waals surface area contributed by atoms with E-state index < -0.39 is 53.0 Å². The molecular formula is C6H14O12P2. The van der Waals surface area contributed by atoms with Gasteiger partial charge in [0, 0.05) is 0 Å². The lowest BCUT2D eigenvalue weighted by Gasteiger charge is -2.39. The van der Waals surface area contributed by atoms with Crippen molar-refractivity contribution in [3.8, 4) is 0 Å². The second-order valence-corrected chi connectivity index (χ2v) is 6.33. The monoisotopic (exact) mass is 340 g/mol. The summed E-state index contributed by atoms with van der Waals surface area (Å²) in [6, 6.07) is 0. The van der Waals surface area contributed by atoms with Crippen LogP contribution in [0.1, 0.15) is 0 Å². The molecule has 120 valence electrons. The van der Waals surface area contributed by atoms with E-state index in [1.807, 2.05) is 0 Å². The van der Waals surface area contributed by atoms with Crippen LogP contribution in [0, 0.1) is 0 Å². The van der Waals surface area contributed by atoms with E-state index in [1.54, 1.807) is 0 Å². The molecule has 0 aromatic heterocycles. The zero-order valence-corrected chi connectivity index (χ0v) is 11.4. The maximum atomic E-state index is 10.6. The summed E-state index contributed by atoms with van der Waals surface area (Å²) >= 11 is 0. The van der Waals surface area contributed by atoms with Crippen molar-refractivity contribution in [2.45, 2.75) is 30.7 Å². The van der Waals surface area contributed by atoms with Gasteiger partial charge in [-0.05, 0) is 0 Å². The van der Waals surface area contributed by atoms with Gasteiger partial charge in [-0.2, -0.15) is 0 Å². The molecule has 12 nitrogen and oxygen atoms in total. The Hall–Kier alpha value is 0.0600. The summed E-state index contributed by atoms with van der Waals surface area (Å²) < 4.78 is 33.9. The Morgan fingerprint density at radius 1 is 0.900 bits per heavy atom. The van der Waals surface area contributed by atoms with Crippen LogP contribution in [-0.2, 0) is 22.9 Å². The molecule has 0 aromatic carbocycles. The molecule has 1 fully saturated rings. The van der Waals surface area contributed by atoms with Gasteiger partial charge in [0.25, 0.3) is 0 Å². The molecule has 7 N–H and O–H groups in total. The minimum absolute atomic E-state index is 0.907. The largest absolute Gasteiger partial charge is 0.472 e. The van der Waals surface area contributed by atoms with Gasteiger partial charge in [-0.15, -0.1) is 0 Å². The molecule has 1 heterocycles. The Labute approximate surface area is 112 Å². The smallest absolute Gasteiger partial charge is 0.387 e. The van der Waals surface area contributed by atoms with E-state index in [2.05, 4.69) is 9.05 Å². The summed E-state index contributed by atoms with van der Waals surface area (Å²) in [5, 5.41) is 28.4. The summed E-state index contributed by atoms with van der Waals surface area (Å²) in [5.41, 5.74) is 0. The number of hydrogen-bond donors (Lipinski definition) is 7. The SMILES string of the molecule is O=P(O)(O)OC[C@@H]1O[C@@H](OP(=O)(O)O)[C@@H](O)[C@H](O)[C@H]1O. The summed E-state index contributed by atoms with van der Waals surface area (Å²) in [7, 11) is -9.95. The summed E-state index contributed by atoms with van der Waals surface area (Å²) in [6.45, 7) is -0.907. The molecule has 0 saturated carbocycles. The summed E-state index contributed by atoms with van der Waals surface area (Å²) in [5.74, 6) is 0. The van der Waals surface area contributed by atoms with Crippen LogP contribution in [0.4, 0.5) is 0 Å². The fraction of sp³-hybridized carbons (Fsp3) is 1.00. The van der Waals surface area contributed by atoms with Gasteiger partial charge in [-0.3, -0.25) is 9.05 Å². The van der Waals surface area contributed by atoms with Crippen molar-refractivity contribution < 1.29 is 57.8 Å². The highest BCUT2D eigenvalue weighted by molar-refractivity contribution is 7.46. The van der Waals surface area contributed by atoms with Crippen molar-refractivity contribution in [1.29, 1.82) is 0 Å². The number of ether oxygens (including phenoxy) is 1. The van der Waals surface area contributed by atoms with Crippen molar-refractivity contribution in [3.05, 3.63) is 0 Å². The Morgan fingerprint density at radius 2 is 1.45 bits per heavy atom. The fourth-order valence-electron chi connectivity index (χ4n) is 1.45. The van der Waals surface area contributed by atoms with Crippen LogP contribution in [-0.4, -0.2) is 72.2 Å². The van der Waals surface area contributed by atoms with Gasteiger partial charge in [-0.1, -0.05) is 0 Å². The molecule has 1 aliphatic rings. The standard InChI is InChI=1S/C6H14O12P2/c7-3-2(1-16-19(10,11)12)17-6(5(9)4(3)8)18-20(13,14)15/h2-9H,1H2,(H2,10,11,12)(H2,13,14,15)/t2-,3-,4+,5-,6-/m0/s1. The lowest BCUT2D eigenvalue weighted by atomic mass is 10.00. The average molecular weight is 340 g/mol. The first-order chi connectivity index (χ1) is 8.91. The molecule has 0 unspecified atom stereocenters. The zero-order chi connectivity index (χ0) is 15.7. The highest BCUT2D eigenvalue weighted by Crippen LogP contribution is 2.41. The van der Waals surface area contributed by atoms with Crippen molar-refractivity contribution in [2.24, 2.45) is 0 Å². The van der Waals surface area contributed by atoms with Gasteiger partial charge < -0.3 is 39.6 Å². The van der Waals surface area contributed by atoms with Crippen LogP contribution in [0.2, 0.25) is 0 Å². The molecule has 1 aliphatic heterocycles. The molecule has 1 saturated heterocycles. The molecule has 1 rings (SSSR count). The molecule has 0 amide bonds. The number of rotatable bonds is 5. The highest BCUT2D eigenvalue weighted by atomic mass is 31.2. The van der Waals surface area contributed by atoms with Crippen LogP contribution in [0.25, 0.3) is 0 Å². The molecule has 0 radical (unpaired) electrons. The molecular weight excluding hydrogens is 326 g/mol. The molecule has 0 aromatic rings. The van der Waals surface area contributed by atoms with Crippen LogP contribution >= 0.6 is 15.6 Å². The Kier molecular flexibility index (Phi) is 5.83. The van der Waals surface area contributed by atoms with Crippen LogP contribution in [0.5, 0.6) is 0 Å². The minimum Gasteiger partial charge on any atom is -0.387 e. The van der Waals surface area contributed by atoms with E-state index >= 15 is 0 Å². The molecule has 14 heteroatoms. The Morgan fingerprint density at radius 3 is 1.90 bits per heavy atom. The number of phosphoric ester groups is 2. The quantitative estimate of drug-likeness (QED) is 0.250. The van der Waals surface area contributed by atoms with E-state index in [9.17, 15) is 24.4 Å². The van der Waals surface area contributed by atoms with Crippen LogP contribution in [0.15, 0.2) is 0 Å². The molecule has 0 spiro atoms. The summed E-state index contributed by atoms with van der Waals surface area (Å²) in [6.07, 6.45) is -9.32. The van der Waals surface area contributed by atoms with Crippen molar-refractivity contribution >= 4 is 15.6 Å². The van der Waals surface area contributed by atoms with Gasteiger partial charge >= 0.3 is 15.6 Å². The topological polar surface area (TPSA) is 203 Å². The number of hydrogen-bond acceptors (Lipinski definition) is 8. The highest BCUT2D eigenvalue weighted by Gasteiger charge is 2.47. The Bertz CT molecular complexity index is 412. The van der Waals surface area contributed by atoms with Gasteiger partial charge in [0.05, 0.1) is 6.61 Å². The molecule has 5 atom stereocenters. The van der Waals surface area contributed by atoms with Gasteiger partial charge in [-0.25, -0.2) is 9.13 Å². The van der Waals surface area contributed by atoms with Crippen molar-refractivity contribution in [2.75, 3.05) is 6.61 Å². The Balaban J connectivity index is 2.76. The first-order valence-corrected chi connectivity index (χ1v) is 8.10. The molecule has 20 heavy (non-hydrogen) atoms. The van der Waals surface area contributed by atoms with Gasteiger partial charge in [0.2, 0.25) is 0 Å². The number of aliphatic hydroxyl groups excluding tert-OH is 3. The summed E-state index contributed by atoms with van der Waals surface area (Å²) in [4.78, 5) is 34.1. The van der Waals surface area contributed by atoms with E-state index in [0.29, 0.717) is 0 Å². The van der Waals surface area contributed by atoms with Crippen LogP contribution < -0.4 is 0 Å². The normalized spacial score (nSPS) is 36.0.